The standard InChI is InChI=1S/C22H20F3N7O3S/c1-2-18-20(31-13-16(11-26)5-8-19(31)29-18)21(33)27-12-15-3-6-17(7-4-15)32-10-9-30(14-28-32)36(34,35)22(23,24)25/h3-8,13-14H,2,9-10,12H2,1H3,(H,27,33). The third kappa shape index (κ3) is 4.69. The molecule has 1 aliphatic heterocycles. The average Bonchev–Trinajstić information content (AvgIpc) is 3.25. The summed E-state index contributed by atoms with van der Waals surface area (Å²) in [6.45, 7) is 1.59. The molecular formula is C22H20F3N7O3S. The number of carbonyl (C=O) groups is 1. The molecule has 188 valence electrons. The third-order valence-corrected chi connectivity index (χ3v) is 6.99. The SMILES string of the molecule is CCc1nc2ccc(C#N)cn2c1C(=O)NCc1ccc(N2CCN(S(=O)(=O)C(F)(F)F)C=N2)cc1. The van der Waals surface area contributed by atoms with E-state index in [1.54, 1.807) is 47.0 Å². The summed E-state index contributed by atoms with van der Waals surface area (Å²) in [6, 6.07) is 12.1. The Morgan fingerprint density at radius 2 is 1.89 bits per heavy atom. The van der Waals surface area contributed by atoms with Gasteiger partial charge in [0.05, 0.1) is 30.0 Å². The van der Waals surface area contributed by atoms with E-state index < -0.39 is 22.1 Å². The molecule has 0 bridgehead atoms. The van der Waals surface area contributed by atoms with Gasteiger partial charge >= 0.3 is 15.5 Å². The zero-order valence-corrected chi connectivity index (χ0v) is 19.7. The number of sulfonamides is 1. The van der Waals surface area contributed by atoms with Gasteiger partial charge in [-0.2, -0.15) is 32.0 Å². The number of carbonyl (C=O) groups excluding carboxylic acids is 1. The van der Waals surface area contributed by atoms with E-state index in [1.165, 1.54) is 5.01 Å². The largest absolute Gasteiger partial charge is 0.516 e. The Balaban J connectivity index is 1.43. The lowest BCUT2D eigenvalue weighted by Crippen LogP contribution is -2.46. The quantitative estimate of drug-likeness (QED) is 0.534. The smallest absolute Gasteiger partial charge is 0.347 e. The first-order valence-corrected chi connectivity index (χ1v) is 12.2. The van der Waals surface area contributed by atoms with E-state index in [9.17, 15) is 26.4 Å². The molecule has 0 saturated heterocycles. The minimum absolute atomic E-state index is 0.0688. The number of aromatic nitrogens is 2. The number of imidazole rings is 1. The maximum atomic E-state index is 13.0. The van der Waals surface area contributed by atoms with Crippen molar-refractivity contribution in [3.63, 3.8) is 0 Å². The first kappa shape index (κ1) is 25.0. The Kier molecular flexibility index (Phi) is 6.59. The Morgan fingerprint density at radius 1 is 1.17 bits per heavy atom. The van der Waals surface area contributed by atoms with Gasteiger partial charge in [-0.15, -0.1) is 0 Å². The van der Waals surface area contributed by atoms with Crippen LogP contribution in [-0.4, -0.2) is 53.0 Å². The number of hydrazone groups is 1. The van der Waals surface area contributed by atoms with Gasteiger partial charge in [0.2, 0.25) is 0 Å². The molecule has 1 amide bonds. The van der Waals surface area contributed by atoms with Crippen molar-refractivity contribution < 1.29 is 26.4 Å². The molecule has 0 saturated carbocycles. The number of nitrogens with zero attached hydrogens (tertiary/aromatic N) is 6. The number of fused-ring (bicyclic) bond motifs is 1. The van der Waals surface area contributed by atoms with Crippen molar-refractivity contribution in [1.82, 2.24) is 19.0 Å². The van der Waals surface area contributed by atoms with Crippen molar-refractivity contribution in [3.8, 4) is 6.07 Å². The zero-order chi connectivity index (χ0) is 26.1. The van der Waals surface area contributed by atoms with Crippen LogP contribution in [-0.2, 0) is 23.0 Å². The highest BCUT2D eigenvalue weighted by atomic mass is 32.2. The molecule has 0 spiro atoms. The van der Waals surface area contributed by atoms with Crippen molar-refractivity contribution in [1.29, 1.82) is 5.26 Å². The second kappa shape index (κ2) is 9.50. The summed E-state index contributed by atoms with van der Waals surface area (Å²) in [6.07, 6.45) is 2.73. The van der Waals surface area contributed by atoms with Gasteiger partial charge in [0.15, 0.2) is 0 Å². The molecule has 0 fully saturated rings. The molecule has 0 unspecified atom stereocenters. The highest BCUT2D eigenvalue weighted by molar-refractivity contribution is 7.90. The van der Waals surface area contributed by atoms with Crippen molar-refractivity contribution in [2.24, 2.45) is 5.10 Å². The van der Waals surface area contributed by atoms with Crippen LogP contribution in [0.3, 0.4) is 0 Å². The Morgan fingerprint density at radius 3 is 2.47 bits per heavy atom. The molecule has 14 heteroatoms. The molecule has 4 rings (SSSR count). The van der Waals surface area contributed by atoms with Gasteiger partial charge in [0.1, 0.15) is 23.7 Å². The molecule has 1 N–H and O–H groups in total. The second-order valence-electron chi connectivity index (χ2n) is 7.78. The molecule has 2 aromatic heterocycles. The summed E-state index contributed by atoms with van der Waals surface area (Å²) < 4.78 is 62.8. The predicted molar refractivity (Wildman–Crippen MR) is 124 cm³/mol. The lowest BCUT2D eigenvalue weighted by molar-refractivity contribution is -0.0471. The summed E-state index contributed by atoms with van der Waals surface area (Å²) >= 11 is 0. The van der Waals surface area contributed by atoms with Crippen LogP contribution in [0.4, 0.5) is 18.9 Å². The van der Waals surface area contributed by atoms with Crippen LogP contribution in [0.25, 0.3) is 5.65 Å². The highest BCUT2D eigenvalue weighted by Crippen LogP contribution is 2.27. The highest BCUT2D eigenvalue weighted by Gasteiger charge is 2.50. The van der Waals surface area contributed by atoms with Crippen molar-refractivity contribution in [2.75, 3.05) is 18.1 Å². The van der Waals surface area contributed by atoms with E-state index in [4.69, 9.17) is 5.26 Å². The maximum Gasteiger partial charge on any atom is 0.516 e. The van der Waals surface area contributed by atoms with Crippen LogP contribution in [0.15, 0.2) is 47.7 Å². The molecule has 0 atom stereocenters. The van der Waals surface area contributed by atoms with Crippen LogP contribution in [0, 0.1) is 11.3 Å². The van der Waals surface area contributed by atoms with Crippen LogP contribution >= 0.6 is 0 Å². The molecule has 3 aromatic rings. The summed E-state index contributed by atoms with van der Waals surface area (Å²) in [5.41, 5.74) is -2.20. The third-order valence-electron chi connectivity index (χ3n) is 5.51. The fraction of sp³-hybridized carbons (Fsp3) is 0.273. The zero-order valence-electron chi connectivity index (χ0n) is 18.9. The number of benzene rings is 1. The van der Waals surface area contributed by atoms with E-state index in [-0.39, 0.29) is 23.3 Å². The van der Waals surface area contributed by atoms with Crippen LogP contribution in [0.1, 0.15) is 34.2 Å². The van der Waals surface area contributed by atoms with Gasteiger partial charge in [-0.3, -0.25) is 14.2 Å². The summed E-state index contributed by atoms with van der Waals surface area (Å²) in [5.74, 6) is -0.356. The van der Waals surface area contributed by atoms with E-state index in [0.29, 0.717) is 41.0 Å². The molecule has 36 heavy (non-hydrogen) atoms. The number of aryl methyl sites for hydroxylation is 1. The number of rotatable bonds is 6. The minimum atomic E-state index is -5.47. The van der Waals surface area contributed by atoms with Crippen molar-refractivity contribution in [3.05, 3.63) is 65.1 Å². The number of alkyl halides is 3. The number of nitriles is 1. The molecule has 0 radical (unpaired) electrons. The molecule has 10 nitrogen and oxygen atoms in total. The topological polar surface area (TPSA) is 123 Å². The summed E-state index contributed by atoms with van der Waals surface area (Å²) in [7, 11) is -5.47. The Labute approximate surface area is 204 Å². The Bertz CT molecular complexity index is 1480. The normalized spacial score (nSPS) is 14.2. The van der Waals surface area contributed by atoms with E-state index in [2.05, 4.69) is 15.4 Å². The van der Waals surface area contributed by atoms with E-state index in [0.717, 1.165) is 5.56 Å². The molecular weight excluding hydrogens is 499 g/mol. The van der Waals surface area contributed by atoms with Crippen LogP contribution in [0.2, 0.25) is 0 Å². The summed E-state index contributed by atoms with van der Waals surface area (Å²) in [4.78, 5) is 17.4. The van der Waals surface area contributed by atoms with Gasteiger partial charge in [-0.25, -0.2) is 9.29 Å². The monoisotopic (exact) mass is 519 g/mol. The van der Waals surface area contributed by atoms with Gasteiger partial charge in [-0.1, -0.05) is 19.1 Å². The molecule has 0 aliphatic carbocycles. The minimum Gasteiger partial charge on any atom is -0.347 e. The Hall–Kier alpha value is -4.12. The van der Waals surface area contributed by atoms with Gasteiger partial charge < -0.3 is 5.32 Å². The van der Waals surface area contributed by atoms with Gasteiger partial charge in [0.25, 0.3) is 5.91 Å². The van der Waals surface area contributed by atoms with Gasteiger partial charge in [-0.05, 0) is 36.2 Å². The first-order valence-electron chi connectivity index (χ1n) is 10.7. The first-order chi connectivity index (χ1) is 17.0. The second-order valence-corrected chi connectivity index (χ2v) is 9.67. The maximum absolute atomic E-state index is 13.0. The molecule has 1 aromatic carbocycles. The lowest BCUT2D eigenvalue weighted by atomic mass is 10.2. The fourth-order valence-electron chi connectivity index (χ4n) is 3.64. The van der Waals surface area contributed by atoms with Crippen molar-refractivity contribution >= 4 is 33.6 Å². The van der Waals surface area contributed by atoms with E-state index in [1.807, 2.05) is 13.0 Å². The predicted octanol–water partition coefficient (Wildman–Crippen LogP) is 2.61. The summed E-state index contributed by atoms with van der Waals surface area (Å²) in [5, 5.41) is 17.2. The lowest BCUT2D eigenvalue weighted by Gasteiger charge is -2.29. The van der Waals surface area contributed by atoms with Crippen LogP contribution in [0.5, 0.6) is 0 Å². The molecule has 3 heterocycles. The number of hydrogen-bond donors (Lipinski definition) is 1. The average molecular weight is 520 g/mol. The number of pyridine rings is 1. The fourth-order valence-corrected chi connectivity index (χ4v) is 4.39. The molecule has 1 aliphatic rings. The van der Waals surface area contributed by atoms with Crippen LogP contribution < -0.4 is 10.3 Å². The van der Waals surface area contributed by atoms with Gasteiger partial charge in [0, 0.05) is 12.7 Å². The number of halogens is 3. The number of nitrogens with one attached hydrogen (secondary N) is 1. The number of anilines is 1. The number of hydrogen-bond acceptors (Lipinski definition) is 7. The number of amides is 1. The van der Waals surface area contributed by atoms with Crippen molar-refractivity contribution in [2.45, 2.75) is 25.4 Å². The van der Waals surface area contributed by atoms with E-state index >= 15 is 0 Å².